The first kappa shape index (κ1) is 17.6. The maximum atomic E-state index is 11.8. The van der Waals surface area contributed by atoms with Crippen LogP contribution in [0.25, 0.3) is 16.6 Å². The van der Waals surface area contributed by atoms with Crippen LogP contribution in [-0.2, 0) is 16.1 Å². The Labute approximate surface area is 159 Å². The van der Waals surface area contributed by atoms with Crippen molar-refractivity contribution in [1.82, 2.24) is 4.98 Å². The minimum absolute atomic E-state index is 0.172. The smallest absolute Gasteiger partial charge is 0.331 e. The standard InChI is InChI=1S/C20H16BrNO2S/c1-14-2-7-16(8-3-14)20-22-18(13-25-20)12-24-19(23)11-6-15-4-9-17(21)10-5-15/h2-11,13H,12H2,1H3/b11-6+. The van der Waals surface area contributed by atoms with E-state index in [1.807, 2.05) is 41.8 Å². The number of thiazole rings is 1. The first-order valence-electron chi connectivity index (χ1n) is 7.72. The molecule has 0 fully saturated rings. The summed E-state index contributed by atoms with van der Waals surface area (Å²) in [6.07, 6.45) is 3.16. The average molecular weight is 414 g/mol. The van der Waals surface area contributed by atoms with E-state index in [4.69, 9.17) is 4.74 Å². The molecule has 3 nitrogen and oxygen atoms in total. The fraction of sp³-hybridized carbons (Fsp3) is 0.100. The third-order valence-electron chi connectivity index (χ3n) is 3.49. The SMILES string of the molecule is Cc1ccc(-c2nc(COC(=O)/C=C/c3ccc(Br)cc3)cs2)cc1. The van der Waals surface area contributed by atoms with Crippen LogP contribution in [0.4, 0.5) is 0 Å². The molecular formula is C20H16BrNO2S. The summed E-state index contributed by atoms with van der Waals surface area (Å²) in [5.41, 5.74) is 3.98. The molecule has 25 heavy (non-hydrogen) atoms. The Morgan fingerprint density at radius 2 is 1.88 bits per heavy atom. The van der Waals surface area contributed by atoms with E-state index >= 15 is 0 Å². The summed E-state index contributed by atoms with van der Waals surface area (Å²) in [5.74, 6) is -0.382. The molecule has 1 heterocycles. The van der Waals surface area contributed by atoms with Crippen LogP contribution in [0.2, 0.25) is 0 Å². The number of hydrogen-bond donors (Lipinski definition) is 0. The molecule has 3 aromatic rings. The summed E-state index contributed by atoms with van der Waals surface area (Å²) in [6.45, 7) is 2.23. The van der Waals surface area contributed by atoms with Crippen molar-refractivity contribution in [3.8, 4) is 10.6 Å². The minimum atomic E-state index is -0.382. The molecular weight excluding hydrogens is 398 g/mol. The second kappa shape index (κ2) is 8.23. The van der Waals surface area contributed by atoms with Gasteiger partial charge in [-0.05, 0) is 30.7 Å². The van der Waals surface area contributed by atoms with Crippen molar-refractivity contribution in [1.29, 1.82) is 0 Å². The molecule has 126 valence electrons. The molecule has 0 saturated carbocycles. The number of hydrogen-bond acceptors (Lipinski definition) is 4. The number of aromatic nitrogens is 1. The lowest BCUT2D eigenvalue weighted by Crippen LogP contribution is -2.00. The Bertz CT molecular complexity index is 883. The zero-order valence-electron chi connectivity index (χ0n) is 13.6. The minimum Gasteiger partial charge on any atom is -0.456 e. The number of halogens is 1. The molecule has 1 aromatic heterocycles. The third-order valence-corrected chi connectivity index (χ3v) is 4.96. The molecule has 0 bridgehead atoms. The molecule has 0 N–H and O–H groups in total. The Morgan fingerprint density at radius 3 is 2.60 bits per heavy atom. The van der Waals surface area contributed by atoms with Crippen molar-refractivity contribution in [3.05, 3.63) is 81.3 Å². The van der Waals surface area contributed by atoms with Crippen LogP contribution in [-0.4, -0.2) is 11.0 Å². The Kier molecular flexibility index (Phi) is 5.79. The van der Waals surface area contributed by atoms with Gasteiger partial charge in [0.25, 0.3) is 0 Å². The van der Waals surface area contributed by atoms with E-state index < -0.39 is 0 Å². The largest absolute Gasteiger partial charge is 0.456 e. The topological polar surface area (TPSA) is 39.2 Å². The van der Waals surface area contributed by atoms with Gasteiger partial charge < -0.3 is 4.74 Å². The van der Waals surface area contributed by atoms with Gasteiger partial charge in [0.2, 0.25) is 0 Å². The number of aryl methyl sites for hydroxylation is 1. The zero-order valence-corrected chi connectivity index (χ0v) is 16.0. The van der Waals surface area contributed by atoms with E-state index in [9.17, 15) is 4.79 Å². The van der Waals surface area contributed by atoms with Gasteiger partial charge in [-0.15, -0.1) is 11.3 Å². The van der Waals surface area contributed by atoms with Gasteiger partial charge in [-0.25, -0.2) is 9.78 Å². The second-order valence-corrected chi connectivity index (χ2v) is 7.28. The Morgan fingerprint density at radius 1 is 1.16 bits per heavy atom. The fourth-order valence-corrected chi connectivity index (χ4v) is 3.21. The zero-order chi connectivity index (χ0) is 17.6. The first-order chi connectivity index (χ1) is 12.1. The van der Waals surface area contributed by atoms with Crippen LogP contribution < -0.4 is 0 Å². The van der Waals surface area contributed by atoms with Gasteiger partial charge in [-0.2, -0.15) is 0 Å². The molecule has 0 spiro atoms. The second-order valence-electron chi connectivity index (χ2n) is 5.50. The van der Waals surface area contributed by atoms with Crippen LogP contribution in [0, 0.1) is 6.92 Å². The van der Waals surface area contributed by atoms with Gasteiger partial charge in [-0.3, -0.25) is 0 Å². The van der Waals surface area contributed by atoms with Crippen LogP contribution in [0.15, 0.2) is 64.5 Å². The maximum absolute atomic E-state index is 11.8. The van der Waals surface area contributed by atoms with E-state index in [0.717, 1.165) is 26.3 Å². The van der Waals surface area contributed by atoms with Crippen LogP contribution in [0.3, 0.4) is 0 Å². The van der Waals surface area contributed by atoms with Gasteiger partial charge >= 0.3 is 5.97 Å². The number of esters is 1. The molecule has 0 amide bonds. The molecule has 0 saturated heterocycles. The number of carbonyl (C=O) groups is 1. The van der Waals surface area contributed by atoms with Gasteiger partial charge in [0.05, 0.1) is 5.69 Å². The highest BCUT2D eigenvalue weighted by Gasteiger charge is 2.06. The van der Waals surface area contributed by atoms with Gasteiger partial charge in [0.15, 0.2) is 0 Å². The molecule has 3 rings (SSSR count). The summed E-state index contributed by atoms with van der Waals surface area (Å²) in [6, 6.07) is 15.9. The Balaban J connectivity index is 1.55. The normalized spacial score (nSPS) is 11.0. The van der Waals surface area contributed by atoms with Crippen molar-refractivity contribution in [2.45, 2.75) is 13.5 Å². The highest BCUT2D eigenvalue weighted by molar-refractivity contribution is 9.10. The van der Waals surface area contributed by atoms with Gasteiger partial charge in [-0.1, -0.05) is 57.9 Å². The van der Waals surface area contributed by atoms with Crippen LogP contribution in [0.5, 0.6) is 0 Å². The summed E-state index contributed by atoms with van der Waals surface area (Å²) < 4.78 is 6.25. The monoisotopic (exact) mass is 413 g/mol. The van der Waals surface area contributed by atoms with Gasteiger partial charge in [0, 0.05) is 21.5 Å². The highest BCUT2D eigenvalue weighted by atomic mass is 79.9. The Hall–Kier alpha value is -2.24. The van der Waals surface area contributed by atoms with Crippen LogP contribution in [0.1, 0.15) is 16.8 Å². The molecule has 0 radical (unpaired) electrons. The fourth-order valence-electron chi connectivity index (χ4n) is 2.13. The molecule has 0 atom stereocenters. The molecule has 0 unspecified atom stereocenters. The van der Waals surface area contributed by atoms with E-state index in [-0.39, 0.29) is 12.6 Å². The molecule has 0 aliphatic carbocycles. The molecule has 2 aromatic carbocycles. The predicted octanol–water partition coefficient (Wildman–Crippen LogP) is 5.64. The van der Waals surface area contributed by atoms with Crippen molar-refractivity contribution in [2.75, 3.05) is 0 Å². The van der Waals surface area contributed by atoms with E-state index in [1.165, 1.54) is 11.6 Å². The lowest BCUT2D eigenvalue weighted by atomic mass is 10.2. The van der Waals surface area contributed by atoms with Crippen molar-refractivity contribution in [2.24, 2.45) is 0 Å². The third kappa shape index (κ3) is 5.11. The average Bonchev–Trinajstić information content (AvgIpc) is 3.09. The van der Waals surface area contributed by atoms with Crippen molar-refractivity contribution < 1.29 is 9.53 Å². The molecule has 0 aliphatic heterocycles. The molecule has 0 aliphatic rings. The summed E-state index contributed by atoms with van der Waals surface area (Å²) in [7, 11) is 0. The number of rotatable bonds is 5. The van der Waals surface area contributed by atoms with E-state index in [0.29, 0.717) is 0 Å². The highest BCUT2D eigenvalue weighted by Crippen LogP contribution is 2.24. The maximum Gasteiger partial charge on any atom is 0.331 e. The quantitative estimate of drug-likeness (QED) is 0.401. The molecule has 5 heteroatoms. The summed E-state index contributed by atoms with van der Waals surface area (Å²) in [5, 5.41) is 2.84. The lowest BCUT2D eigenvalue weighted by Gasteiger charge is -1.99. The number of benzene rings is 2. The lowest BCUT2D eigenvalue weighted by molar-refractivity contribution is -0.139. The van der Waals surface area contributed by atoms with E-state index in [1.54, 1.807) is 17.4 Å². The number of nitrogens with zero attached hydrogens (tertiary/aromatic N) is 1. The van der Waals surface area contributed by atoms with Crippen molar-refractivity contribution >= 4 is 39.3 Å². The number of ether oxygens (including phenoxy) is 1. The summed E-state index contributed by atoms with van der Waals surface area (Å²) in [4.78, 5) is 16.4. The van der Waals surface area contributed by atoms with Crippen molar-refractivity contribution in [3.63, 3.8) is 0 Å². The van der Waals surface area contributed by atoms with Gasteiger partial charge in [0.1, 0.15) is 11.6 Å². The van der Waals surface area contributed by atoms with E-state index in [2.05, 4.69) is 40.0 Å². The first-order valence-corrected chi connectivity index (χ1v) is 9.39. The van der Waals surface area contributed by atoms with Crippen LogP contribution >= 0.6 is 27.3 Å². The number of carbonyl (C=O) groups excluding carboxylic acids is 1. The predicted molar refractivity (Wildman–Crippen MR) is 105 cm³/mol. The summed E-state index contributed by atoms with van der Waals surface area (Å²) >= 11 is 4.92.